The molecular formula is C43H27N3O. The van der Waals surface area contributed by atoms with E-state index < -0.39 is 0 Å². The smallest absolute Gasteiger partial charge is 0.164 e. The van der Waals surface area contributed by atoms with E-state index in [1.165, 1.54) is 10.9 Å². The third kappa shape index (κ3) is 5.02. The van der Waals surface area contributed by atoms with Crippen molar-refractivity contribution in [2.45, 2.75) is 0 Å². The maximum Gasteiger partial charge on any atom is 0.164 e. The fraction of sp³-hybridized carbons (Fsp3) is 0. The molecule has 2 heterocycles. The van der Waals surface area contributed by atoms with Crippen molar-refractivity contribution >= 4 is 32.7 Å². The predicted octanol–water partition coefficient (Wildman–Crippen LogP) is 11.3. The molecule has 47 heavy (non-hydrogen) atoms. The highest BCUT2D eigenvalue weighted by atomic mass is 16.3. The van der Waals surface area contributed by atoms with Crippen molar-refractivity contribution in [3.05, 3.63) is 164 Å². The van der Waals surface area contributed by atoms with Gasteiger partial charge >= 0.3 is 0 Å². The normalized spacial score (nSPS) is 11.4. The first-order chi connectivity index (χ1) is 23.2. The van der Waals surface area contributed by atoms with Gasteiger partial charge in [-0.1, -0.05) is 127 Å². The molecule has 4 heteroatoms. The number of nitrogens with zero attached hydrogens (tertiary/aromatic N) is 3. The molecule has 0 aliphatic rings. The first-order valence-corrected chi connectivity index (χ1v) is 15.7. The van der Waals surface area contributed by atoms with E-state index in [1.807, 2.05) is 24.3 Å². The Morgan fingerprint density at radius 1 is 0.298 bits per heavy atom. The third-order valence-corrected chi connectivity index (χ3v) is 8.73. The quantitative estimate of drug-likeness (QED) is 0.197. The fourth-order valence-corrected chi connectivity index (χ4v) is 6.26. The van der Waals surface area contributed by atoms with Gasteiger partial charge in [0, 0.05) is 27.5 Å². The van der Waals surface area contributed by atoms with E-state index in [9.17, 15) is 0 Å². The van der Waals surface area contributed by atoms with Crippen LogP contribution in [0.5, 0.6) is 0 Å². The standard InChI is InChI=1S/C43H27N3O/c1-3-9-28(10-4-1)31-15-18-32(19-16-31)41-44-42(35-20-17-30-13-7-8-14-33(30)25-35)46-43(45-41)36-22-24-39-38(26-36)37-23-21-34(27-40(37)47-39)29-11-5-2-6-12-29/h1-27H. The highest BCUT2D eigenvalue weighted by molar-refractivity contribution is 6.07. The molecule has 0 N–H and O–H groups in total. The summed E-state index contributed by atoms with van der Waals surface area (Å²) in [6.45, 7) is 0. The van der Waals surface area contributed by atoms with Gasteiger partial charge in [-0.05, 0) is 69.4 Å². The van der Waals surface area contributed by atoms with Crippen LogP contribution in [-0.4, -0.2) is 15.0 Å². The van der Waals surface area contributed by atoms with Crippen LogP contribution in [0.2, 0.25) is 0 Å². The van der Waals surface area contributed by atoms with Crippen LogP contribution in [-0.2, 0) is 0 Å². The Morgan fingerprint density at radius 2 is 0.809 bits per heavy atom. The molecule has 0 aliphatic carbocycles. The zero-order valence-corrected chi connectivity index (χ0v) is 25.3. The summed E-state index contributed by atoms with van der Waals surface area (Å²) in [6, 6.07) is 56.4. The second-order valence-corrected chi connectivity index (χ2v) is 11.7. The number of aromatic nitrogens is 3. The largest absolute Gasteiger partial charge is 0.456 e. The molecule has 0 saturated heterocycles. The Balaban J connectivity index is 1.18. The highest BCUT2D eigenvalue weighted by Crippen LogP contribution is 2.35. The molecule has 7 aromatic carbocycles. The molecule has 0 atom stereocenters. The first-order valence-electron chi connectivity index (χ1n) is 15.7. The van der Waals surface area contributed by atoms with Gasteiger partial charge in [0.15, 0.2) is 17.5 Å². The molecule has 0 amide bonds. The third-order valence-electron chi connectivity index (χ3n) is 8.73. The molecule has 0 bridgehead atoms. The maximum absolute atomic E-state index is 6.33. The van der Waals surface area contributed by atoms with Gasteiger partial charge in [0.25, 0.3) is 0 Å². The number of benzene rings is 7. The molecule has 0 spiro atoms. The van der Waals surface area contributed by atoms with Gasteiger partial charge in [-0.15, -0.1) is 0 Å². The molecule has 9 rings (SSSR count). The summed E-state index contributed by atoms with van der Waals surface area (Å²) in [5.74, 6) is 1.87. The number of rotatable bonds is 5. The van der Waals surface area contributed by atoms with Gasteiger partial charge < -0.3 is 4.42 Å². The van der Waals surface area contributed by atoms with Gasteiger partial charge in [0.2, 0.25) is 0 Å². The Kier molecular flexibility index (Phi) is 6.43. The fourth-order valence-electron chi connectivity index (χ4n) is 6.26. The number of furan rings is 1. The van der Waals surface area contributed by atoms with Crippen LogP contribution in [0.3, 0.4) is 0 Å². The number of hydrogen-bond acceptors (Lipinski definition) is 4. The summed E-state index contributed by atoms with van der Waals surface area (Å²) in [4.78, 5) is 15.1. The van der Waals surface area contributed by atoms with Crippen LogP contribution >= 0.6 is 0 Å². The van der Waals surface area contributed by atoms with Crippen LogP contribution in [0, 0.1) is 0 Å². The topological polar surface area (TPSA) is 51.8 Å². The zero-order chi connectivity index (χ0) is 31.2. The van der Waals surface area contributed by atoms with E-state index in [0.29, 0.717) is 17.5 Å². The van der Waals surface area contributed by atoms with Crippen molar-refractivity contribution in [3.63, 3.8) is 0 Å². The average Bonchev–Trinajstić information content (AvgIpc) is 3.52. The van der Waals surface area contributed by atoms with Crippen LogP contribution in [0.1, 0.15) is 0 Å². The van der Waals surface area contributed by atoms with E-state index in [2.05, 4.69) is 140 Å². The summed E-state index contributed by atoms with van der Waals surface area (Å²) in [6.07, 6.45) is 0. The molecule has 0 unspecified atom stereocenters. The lowest BCUT2D eigenvalue weighted by molar-refractivity contribution is 0.669. The number of fused-ring (bicyclic) bond motifs is 4. The summed E-state index contributed by atoms with van der Waals surface area (Å²) < 4.78 is 6.33. The molecule has 2 aromatic heterocycles. The minimum absolute atomic E-state index is 0.613. The molecule has 220 valence electrons. The summed E-state index contributed by atoms with van der Waals surface area (Å²) in [5.41, 5.74) is 9.05. The lowest BCUT2D eigenvalue weighted by atomic mass is 10.0. The van der Waals surface area contributed by atoms with Crippen molar-refractivity contribution < 1.29 is 4.42 Å². The van der Waals surface area contributed by atoms with E-state index in [-0.39, 0.29) is 0 Å². The molecule has 4 nitrogen and oxygen atoms in total. The summed E-state index contributed by atoms with van der Waals surface area (Å²) in [7, 11) is 0. The Bertz CT molecular complexity index is 2550. The Morgan fingerprint density at radius 3 is 1.53 bits per heavy atom. The maximum atomic E-state index is 6.33. The zero-order valence-electron chi connectivity index (χ0n) is 25.3. The van der Waals surface area contributed by atoms with Gasteiger partial charge in [-0.25, -0.2) is 15.0 Å². The van der Waals surface area contributed by atoms with Gasteiger partial charge in [-0.3, -0.25) is 0 Å². The monoisotopic (exact) mass is 601 g/mol. The average molecular weight is 602 g/mol. The van der Waals surface area contributed by atoms with Gasteiger partial charge in [-0.2, -0.15) is 0 Å². The second-order valence-electron chi connectivity index (χ2n) is 11.7. The lowest BCUT2D eigenvalue weighted by Crippen LogP contribution is -2.00. The van der Waals surface area contributed by atoms with Crippen molar-refractivity contribution in [2.24, 2.45) is 0 Å². The minimum atomic E-state index is 0.613. The SMILES string of the molecule is c1ccc(-c2ccc(-c3nc(-c4ccc5ccccc5c4)nc(-c4ccc5oc6cc(-c7ccccc7)ccc6c5c4)n3)cc2)cc1. The van der Waals surface area contributed by atoms with Crippen molar-refractivity contribution in [3.8, 4) is 56.4 Å². The van der Waals surface area contributed by atoms with Crippen LogP contribution in [0.4, 0.5) is 0 Å². The van der Waals surface area contributed by atoms with Gasteiger partial charge in [0.1, 0.15) is 11.2 Å². The second kappa shape index (κ2) is 11.2. The van der Waals surface area contributed by atoms with E-state index in [1.54, 1.807) is 0 Å². The van der Waals surface area contributed by atoms with Gasteiger partial charge in [0.05, 0.1) is 0 Å². The number of hydrogen-bond donors (Lipinski definition) is 0. The van der Waals surface area contributed by atoms with Crippen molar-refractivity contribution in [1.29, 1.82) is 0 Å². The summed E-state index contributed by atoms with van der Waals surface area (Å²) in [5, 5.41) is 4.40. The molecule has 0 fully saturated rings. The molecule has 0 saturated carbocycles. The van der Waals surface area contributed by atoms with E-state index in [0.717, 1.165) is 60.7 Å². The predicted molar refractivity (Wildman–Crippen MR) is 192 cm³/mol. The van der Waals surface area contributed by atoms with E-state index >= 15 is 0 Å². The minimum Gasteiger partial charge on any atom is -0.456 e. The Labute approximate surface area is 271 Å². The van der Waals surface area contributed by atoms with Crippen LogP contribution in [0.15, 0.2) is 168 Å². The van der Waals surface area contributed by atoms with Crippen LogP contribution < -0.4 is 0 Å². The van der Waals surface area contributed by atoms with Crippen molar-refractivity contribution in [2.75, 3.05) is 0 Å². The first kappa shape index (κ1) is 27.0. The Hall–Kier alpha value is -6.39. The van der Waals surface area contributed by atoms with Crippen LogP contribution in [0.25, 0.3) is 89.1 Å². The summed E-state index contributed by atoms with van der Waals surface area (Å²) >= 11 is 0. The lowest BCUT2D eigenvalue weighted by Gasteiger charge is -2.10. The van der Waals surface area contributed by atoms with Crippen molar-refractivity contribution in [1.82, 2.24) is 15.0 Å². The van der Waals surface area contributed by atoms with E-state index in [4.69, 9.17) is 19.4 Å². The highest BCUT2D eigenvalue weighted by Gasteiger charge is 2.16. The molecule has 9 aromatic rings. The molecule has 0 aliphatic heterocycles. The molecule has 0 radical (unpaired) electrons. The molecular weight excluding hydrogens is 574 g/mol.